The quantitative estimate of drug-likeness (QED) is 0.841. The molecule has 0 aliphatic carbocycles. The van der Waals surface area contributed by atoms with Crippen LogP contribution in [0.3, 0.4) is 0 Å². The Morgan fingerprint density at radius 1 is 1.32 bits per heavy atom. The Morgan fingerprint density at radius 2 is 2.05 bits per heavy atom. The number of halogens is 1. The number of nitrogens with zero attached hydrogens (tertiary/aromatic N) is 2. The first-order valence-corrected chi connectivity index (χ1v) is 6.56. The summed E-state index contributed by atoms with van der Waals surface area (Å²) >= 11 is 2.08. The lowest BCUT2D eigenvalue weighted by molar-refractivity contribution is 0.0696. The maximum absolute atomic E-state index is 10.9. The van der Waals surface area contributed by atoms with E-state index >= 15 is 0 Å². The molecular formula is C13H11IN2O3. The van der Waals surface area contributed by atoms with Crippen LogP contribution in [0.2, 0.25) is 0 Å². The lowest BCUT2D eigenvalue weighted by atomic mass is 10.2. The second-order valence-electron chi connectivity index (χ2n) is 3.93. The smallest absolute Gasteiger partial charge is 0.335 e. The average molecular weight is 370 g/mol. The van der Waals surface area contributed by atoms with Crippen molar-refractivity contribution < 1.29 is 14.6 Å². The van der Waals surface area contributed by atoms with Gasteiger partial charge in [0, 0.05) is 0 Å². The SMILES string of the molecule is Cc1ncc(Oc2cc(C(=O)O)ccc2I)nc1C. The Hall–Kier alpha value is -1.70. The molecule has 0 aliphatic heterocycles. The third-order valence-corrected chi connectivity index (χ3v) is 3.45. The molecule has 1 N–H and O–H groups in total. The molecule has 1 aromatic heterocycles. The molecule has 19 heavy (non-hydrogen) atoms. The van der Waals surface area contributed by atoms with Gasteiger partial charge in [0.25, 0.3) is 0 Å². The molecule has 98 valence electrons. The molecule has 0 saturated carbocycles. The van der Waals surface area contributed by atoms with E-state index < -0.39 is 5.97 Å². The summed E-state index contributed by atoms with van der Waals surface area (Å²) in [6.45, 7) is 3.70. The molecule has 0 spiro atoms. The molecule has 2 rings (SSSR count). The third-order valence-electron chi connectivity index (χ3n) is 2.56. The van der Waals surface area contributed by atoms with Crippen LogP contribution in [-0.2, 0) is 0 Å². The van der Waals surface area contributed by atoms with E-state index in [1.165, 1.54) is 18.3 Å². The van der Waals surface area contributed by atoms with E-state index in [1.807, 2.05) is 13.8 Å². The maximum atomic E-state index is 10.9. The van der Waals surface area contributed by atoms with Gasteiger partial charge >= 0.3 is 5.97 Å². The lowest BCUT2D eigenvalue weighted by Crippen LogP contribution is -1.99. The Labute approximate surface area is 123 Å². The fourth-order valence-electron chi connectivity index (χ4n) is 1.40. The molecule has 0 unspecified atom stereocenters. The van der Waals surface area contributed by atoms with Crippen molar-refractivity contribution in [1.29, 1.82) is 0 Å². The largest absolute Gasteiger partial charge is 0.478 e. The van der Waals surface area contributed by atoms with E-state index in [0.717, 1.165) is 15.0 Å². The van der Waals surface area contributed by atoms with Gasteiger partial charge < -0.3 is 9.84 Å². The minimum atomic E-state index is -0.993. The van der Waals surface area contributed by atoms with Crippen molar-refractivity contribution in [2.45, 2.75) is 13.8 Å². The van der Waals surface area contributed by atoms with Crippen molar-refractivity contribution in [3.63, 3.8) is 0 Å². The second-order valence-corrected chi connectivity index (χ2v) is 5.09. The molecule has 0 atom stereocenters. The predicted octanol–water partition coefficient (Wildman–Crippen LogP) is 3.19. The summed E-state index contributed by atoms with van der Waals surface area (Å²) in [5.41, 5.74) is 1.79. The highest BCUT2D eigenvalue weighted by atomic mass is 127. The highest BCUT2D eigenvalue weighted by molar-refractivity contribution is 14.1. The van der Waals surface area contributed by atoms with Crippen molar-refractivity contribution in [3.8, 4) is 11.6 Å². The number of aromatic carboxylic acids is 1. The summed E-state index contributed by atoms with van der Waals surface area (Å²) in [4.78, 5) is 19.3. The van der Waals surface area contributed by atoms with Gasteiger partial charge in [0.2, 0.25) is 5.88 Å². The summed E-state index contributed by atoms with van der Waals surface area (Å²) in [6.07, 6.45) is 1.52. The van der Waals surface area contributed by atoms with Crippen LogP contribution in [0.1, 0.15) is 21.7 Å². The fraction of sp³-hybridized carbons (Fsp3) is 0.154. The van der Waals surface area contributed by atoms with Crippen LogP contribution in [0.5, 0.6) is 11.6 Å². The summed E-state index contributed by atoms with van der Waals surface area (Å²) in [5.74, 6) is -0.186. The van der Waals surface area contributed by atoms with Crippen molar-refractivity contribution in [2.75, 3.05) is 0 Å². The number of carboxylic acid groups (broad SMARTS) is 1. The van der Waals surface area contributed by atoms with Crippen molar-refractivity contribution in [2.24, 2.45) is 0 Å². The van der Waals surface area contributed by atoms with E-state index in [0.29, 0.717) is 11.6 Å². The minimum absolute atomic E-state index is 0.173. The van der Waals surface area contributed by atoms with Gasteiger partial charge in [0.1, 0.15) is 5.75 Å². The number of aryl methyl sites for hydroxylation is 2. The average Bonchev–Trinajstić information content (AvgIpc) is 2.36. The number of ether oxygens (including phenoxy) is 1. The normalized spacial score (nSPS) is 10.3. The zero-order chi connectivity index (χ0) is 14.0. The topological polar surface area (TPSA) is 72.3 Å². The number of benzene rings is 1. The van der Waals surface area contributed by atoms with Crippen molar-refractivity contribution in [3.05, 3.63) is 44.9 Å². The van der Waals surface area contributed by atoms with Crippen LogP contribution in [0.4, 0.5) is 0 Å². The van der Waals surface area contributed by atoms with Gasteiger partial charge in [-0.05, 0) is 54.6 Å². The first-order chi connectivity index (χ1) is 8.97. The highest BCUT2D eigenvalue weighted by Gasteiger charge is 2.10. The number of hydrogen-bond donors (Lipinski definition) is 1. The summed E-state index contributed by atoms with van der Waals surface area (Å²) in [6, 6.07) is 4.69. The molecule has 0 saturated heterocycles. The van der Waals surface area contributed by atoms with Crippen LogP contribution in [-0.4, -0.2) is 21.0 Å². The van der Waals surface area contributed by atoms with Gasteiger partial charge in [-0.1, -0.05) is 0 Å². The summed E-state index contributed by atoms with van der Waals surface area (Å²) in [7, 11) is 0. The van der Waals surface area contributed by atoms with Gasteiger partial charge in [0.15, 0.2) is 0 Å². The summed E-state index contributed by atoms with van der Waals surface area (Å²) in [5, 5.41) is 8.96. The zero-order valence-electron chi connectivity index (χ0n) is 10.3. The second kappa shape index (κ2) is 5.52. The van der Waals surface area contributed by atoms with Gasteiger partial charge in [-0.15, -0.1) is 0 Å². The fourth-order valence-corrected chi connectivity index (χ4v) is 1.84. The zero-order valence-corrected chi connectivity index (χ0v) is 12.5. The molecule has 0 amide bonds. The molecule has 0 aliphatic rings. The molecule has 0 bridgehead atoms. The van der Waals surface area contributed by atoms with Crippen LogP contribution in [0.25, 0.3) is 0 Å². The monoisotopic (exact) mass is 370 g/mol. The van der Waals surface area contributed by atoms with Gasteiger partial charge in [-0.25, -0.2) is 9.78 Å². The Kier molecular flexibility index (Phi) is 3.98. The minimum Gasteiger partial charge on any atom is -0.478 e. The standard InChI is InChI=1S/C13H11IN2O3/c1-7-8(2)16-12(6-15-7)19-11-5-9(13(17)18)3-4-10(11)14/h3-6H,1-2H3,(H,17,18). The molecule has 6 heteroatoms. The number of rotatable bonds is 3. The van der Waals surface area contributed by atoms with Crippen molar-refractivity contribution >= 4 is 28.6 Å². The maximum Gasteiger partial charge on any atom is 0.335 e. The molecule has 5 nitrogen and oxygen atoms in total. The molecule has 0 fully saturated rings. The number of carboxylic acids is 1. The van der Waals surface area contributed by atoms with E-state index in [4.69, 9.17) is 9.84 Å². The number of carbonyl (C=O) groups is 1. The number of hydrogen-bond acceptors (Lipinski definition) is 4. The molecule has 1 aromatic carbocycles. The molecule has 0 radical (unpaired) electrons. The molecular weight excluding hydrogens is 359 g/mol. The first-order valence-electron chi connectivity index (χ1n) is 5.48. The van der Waals surface area contributed by atoms with E-state index in [1.54, 1.807) is 6.07 Å². The van der Waals surface area contributed by atoms with Crippen LogP contribution >= 0.6 is 22.6 Å². The summed E-state index contributed by atoms with van der Waals surface area (Å²) < 4.78 is 6.40. The molecule has 1 heterocycles. The molecule has 2 aromatic rings. The Balaban J connectivity index is 2.34. The van der Waals surface area contributed by atoms with Gasteiger partial charge in [0.05, 0.1) is 26.7 Å². The Morgan fingerprint density at radius 3 is 2.68 bits per heavy atom. The third kappa shape index (κ3) is 3.19. The van der Waals surface area contributed by atoms with E-state index in [-0.39, 0.29) is 5.56 Å². The van der Waals surface area contributed by atoms with Crippen LogP contribution in [0.15, 0.2) is 24.4 Å². The predicted molar refractivity (Wildman–Crippen MR) is 77.7 cm³/mol. The highest BCUT2D eigenvalue weighted by Crippen LogP contribution is 2.26. The number of aromatic nitrogens is 2. The van der Waals surface area contributed by atoms with E-state index in [9.17, 15) is 4.79 Å². The van der Waals surface area contributed by atoms with Crippen molar-refractivity contribution in [1.82, 2.24) is 9.97 Å². The van der Waals surface area contributed by atoms with Gasteiger partial charge in [-0.3, -0.25) is 4.98 Å². The van der Waals surface area contributed by atoms with Gasteiger partial charge in [-0.2, -0.15) is 0 Å². The van der Waals surface area contributed by atoms with E-state index in [2.05, 4.69) is 32.6 Å². The first kappa shape index (κ1) is 13.7. The van der Waals surface area contributed by atoms with Crippen LogP contribution < -0.4 is 4.74 Å². The lowest BCUT2D eigenvalue weighted by Gasteiger charge is -2.08. The Bertz CT molecular complexity index is 644. The van der Waals surface area contributed by atoms with Crippen LogP contribution in [0, 0.1) is 17.4 Å².